The minimum Gasteiger partial charge on any atom is -0.469 e. The number of esters is 1. The molecule has 0 aromatic heterocycles. The summed E-state index contributed by atoms with van der Waals surface area (Å²) in [6, 6.07) is 8.29. The Bertz CT molecular complexity index is 423. The maximum Gasteiger partial charge on any atom is 0.313 e. The number of benzene rings is 1. The molecule has 0 aliphatic heterocycles. The van der Waals surface area contributed by atoms with E-state index in [4.69, 9.17) is 10.5 Å². The molecule has 1 saturated carbocycles. The Morgan fingerprint density at radius 3 is 2.44 bits per heavy atom. The van der Waals surface area contributed by atoms with Crippen molar-refractivity contribution in [1.82, 2.24) is 0 Å². The number of hydrogen-bond acceptors (Lipinski definition) is 3. The first-order valence-corrected chi connectivity index (χ1v) is 6.46. The first-order chi connectivity index (χ1) is 8.62. The Kier molecular flexibility index (Phi) is 3.71. The molecule has 0 saturated heterocycles. The molecular weight excluding hydrogens is 226 g/mol. The van der Waals surface area contributed by atoms with Gasteiger partial charge in [-0.25, -0.2) is 0 Å². The van der Waals surface area contributed by atoms with E-state index in [1.54, 1.807) is 0 Å². The van der Waals surface area contributed by atoms with E-state index in [-0.39, 0.29) is 5.97 Å². The van der Waals surface area contributed by atoms with Gasteiger partial charge in [0.1, 0.15) is 0 Å². The van der Waals surface area contributed by atoms with Crippen molar-refractivity contribution in [2.45, 2.75) is 26.2 Å². The van der Waals surface area contributed by atoms with Crippen molar-refractivity contribution < 1.29 is 9.53 Å². The molecule has 0 heterocycles. The summed E-state index contributed by atoms with van der Waals surface area (Å²) < 4.78 is 4.98. The lowest BCUT2D eigenvalue weighted by Crippen LogP contribution is -2.43. The average Bonchev–Trinajstić information content (AvgIpc) is 3.22. The summed E-state index contributed by atoms with van der Waals surface area (Å²) in [6.07, 6.45) is 2.84. The predicted molar refractivity (Wildman–Crippen MR) is 71.1 cm³/mol. The molecule has 1 aromatic carbocycles. The number of carbonyl (C=O) groups excluding carboxylic acids is 1. The summed E-state index contributed by atoms with van der Waals surface area (Å²) in [4.78, 5) is 12.1. The van der Waals surface area contributed by atoms with E-state index in [9.17, 15) is 4.79 Å². The minimum absolute atomic E-state index is 0.159. The van der Waals surface area contributed by atoms with E-state index in [0.717, 1.165) is 18.4 Å². The maximum absolute atomic E-state index is 12.1. The molecule has 1 aliphatic carbocycles. The molecular formula is C15H21NO2. The predicted octanol–water partition coefficient (Wildman–Crippen LogP) is 2.07. The molecule has 1 fully saturated rings. The van der Waals surface area contributed by atoms with Crippen molar-refractivity contribution in [2.24, 2.45) is 17.1 Å². The number of rotatable bonds is 5. The van der Waals surface area contributed by atoms with Crippen LogP contribution in [0.1, 0.15) is 24.0 Å². The fourth-order valence-electron chi connectivity index (χ4n) is 2.61. The molecule has 0 amide bonds. The van der Waals surface area contributed by atoms with Gasteiger partial charge < -0.3 is 10.5 Å². The van der Waals surface area contributed by atoms with Gasteiger partial charge in [-0.15, -0.1) is 0 Å². The van der Waals surface area contributed by atoms with Gasteiger partial charge in [0.2, 0.25) is 0 Å². The van der Waals surface area contributed by atoms with E-state index < -0.39 is 5.41 Å². The van der Waals surface area contributed by atoms with Gasteiger partial charge in [0.05, 0.1) is 12.5 Å². The summed E-state index contributed by atoms with van der Waals surface area (Å²) in [5, 5.41) is 0. The average molecular weight is 247 g/mol. The Labute approximate surface area is 108 Å². The lowest BCUT2D eigenvalue weighted by molar-refractivity contribution is -0.153. The molecule has 0 radical (unpaired) electrons. The highest BCUT2D eigenvalue weighted by atomic mass is 16.5. The Balaban J connectivity index is 2.24. The van der Waals surface area contributed by atoms with Crippen LogP contribution in [-0.2, 0) is 16.0 Å². The summed E-state index contributed by atoms with van der Waals surface area (Å²) in [5.41, 5.74) is 7.76. The van der Waals surface area contributed by atoms with Crippen molar-refractivity contribution in [2.75, 3.05) is 13.7 Å². The zero-order chi connectivity index (χ0) is 13.2. The molecule has 18 heavy (non-hydrogen) atoms. The summed E-state index contributed by atoms with van der Waals surface area (Å²) in [5.74, 6) is 0.226. The first-order valence-electron chi connectivity index (χ1n) is 6.46. The topological polar surface area (TPSA) is 52.3 Å². The van der Waals surface area contributed by atoms with Crippen LogP contribution in [0.4, 0.5) is 0 Å². The molecule has 3 heteroatoms. The standard InChI is InChI=1S/C15H21NO2/c1-11-3-5-12(6-4-11)9-15(10-16,13-7-8-13)14(17)18-2/h3-6,13H,7-10,16H2,1-2H3. The zero-order valence-corrected chi connectivity index (χ0v) is 11.1. The van der Waals surface area contributed by atoms with Crippen LogP contribution in [0.3, 0.4) is 0 Å². The number of aryl methyl sites for hydroxylation is 1. The van der Waals surface area contributed by atoms with Gasteiger partial charge in [-0.1, -0.05) is 29.8 Å². The van der Waals surface area contributed by atoms with Crippen LogP contribution < -0.4 is 5.73 Å². The molecule has 1 aliphatic rings. The molecule has 2 N–H and O–H groups in total. The smallest absolute Gasteiger partial charge is 0.313 e. The number of ether oxygens (including phenoxy) is 1. The Hall–Kier alpha value is -1.35. The quantitative estimate of drug-likeness (QED) is 0.810. The maximum atomic E-state index is 12.1. The van der Waals surface area contributed by atoms with Crippen LogP contribution in [0.25, 0.3) is 0 Å². The van der Waals surface area contributed by atoms with Gasteiger partial charge in [-0.05, 0) is 37.7 Å². The second kappa shape index (κ2) is 5.11. The summed E-state index contributed by atoms with van der Waals surface area (Å²) >= 11 is 0. The minimum atomic E-state index is -0.524. The lowest BCUT2D eigenvalue weighted by Gasteiger charge is -2.29. The fraction of sp³-hybridized carbons (Fsp3) is 0.533. The summed E-state index contributed by atoms with van der Waals surface area (Å²) in [6.45, 7) is 2.42. The molecule has 0 bridgehead atoms. The SMILES string of the molecule is COC(=O)C(CN)(Cc1ccc(C)cc1)C1CC1. The van der Waals surface area contributed by atoms with Crippen molar-refractivity contribution in [3.63, 3.8) is 0 Å². The van der Waals surface area contributed by atoms with Gasteiger partial charge >= 0.3 is 5.97 Å². The molecule has 3 nitrogen and oxygen atoms in total. The van der Waals surface area contributed by atoms with Crippen LogP contribution in [0.15, 0.2) is 24.3 Å². The van der Waals surface area contributed by atoms with E-state index in [0.29, 0.717) is 18.9 Å². The van der Waals surface area contributed by atoms with Gasteiger partial charge in [-0.2, -0.15) is 0 Å². The van der Waals surface area contributed by atoms with Crippen molar-refractivity contribution in [3.8, 4) is 0 Å². The summed E-state index contributed by atoms with van der Waals surface area (Å²) in [7, 11) is 1.45. The fourth-order valence-corrected chi connectivity index (χ4v) is 2.61. The number of hydrogen-bond donors (Lipinski definition) is 1. The second-order valence-electron chi connectivity index (χ2n) is 5.29. The zero-order valence-electron chi connectivity index (χ0n) is 11.1. The molecule has 1 aromatic rings. The monoisotopic (exact) mass is 247 g/mol. The Morgan fingerprint density at radius 1 is 1.39 bits per heavy atom. The highest BCUT2D eigenvalue weighted by Gasteiger charge is 2.50. The third-order valence-corrected chi connectivity index (χ3v) is 3.96. The van der Waals surface area contributed by atoms with Gasteiger partial charge in [0.25, 0.3) is 0 Å². The van der Waals surface area contributed by atoms with Gasteiger partial charge in [-0.3, -0.25) is 4.79 Å². The normalized spacial score (nSPS) is 18.2. The van der Waals surface area contributed by atoms with Crippen LogP contribution in [0.2, 0.25) is 0 Å². The van der Waals surface area contributed by atoms with Crippen LogP contribution >= 0.6 is 0 Å². The third kappa shape index (κ3) is 2.41. The lowest BCUT2D eigenvalue weighted by atomic mass is 9.77. The van der Waals surface area contributed by atoms with E-state index in [1.165, 1.54) is 12.7 Å². The largest absolute Gasteiger partial charge is 0.469 e. The van der Waals surface area contributed by atoms with Crippen LogP contribution in [0, 0.1) is 18.3 Å². The first kappa shape index (κ1) is 13.1. The highest BCUT2D eigenvalue weighted by molar-refractivity contribution is 5.78. The molecule has 1 atom stereocenters. The van der Waals surface area contributed by atoms with Gasteiger partial charge in [0.15, 0.2) is 0 Å². The Morgan fingerprint density at radius 2 is 2.00 bits per heavy atom. The van der Waals surface area contributed by atoms with Crippen LogP contribution in [-0.4, -0.2) is 19.6 Å². The molecule has 1 unspecified atom stereocenters. The van der Waals surface area contributed by atoms with Crippen molar-refractivity contribution in [3.05, 3.63) is 35.4 Å². The second-order valence-corrected chi connectivity index (χ2v) is 5.29. The van der Waals surface area contributed by atoms with Crippen molar-refractivity contribution in [1.29, 1.82) is 0 Å². The molecule has 98 valence electrons. The number of carbonyl (C=O) groups is 1. The molecule has 0 spiro atoms. The van der Waals surface area contributed by atoms with Crippen LogP contribution in [0.5, 0.6) is 0 Å². The van der Waals surface area contributed by atoms with Gasteiger partial charge in [0, 0.05) is 6.54 Å². The van der Waals surface area contributed by atoms with Crippen molar-refractivity contribution >= 4 is 5.97 Å². The third-order valence-electron chi connectivity index (χ3n) is 3.96. The van der Waals surface area contributed by atoms with E-state index in [1.807, 2.05) is 0 Å². The van der Waals surface area contributed by atoms with E-state index in [2.05, 4.69) is 31.2 Å². The number of methoxy groups -OCH3 is 1. The molecule has 2 rings (SSSR count). The number of nitrogens with two attached hydrogens (primary N) is 1. The van der Waals surface area contributed by atoms with E-state index >= 15 is 0 Å². The highest BCUT2D eigenvalue weighted by Crippen LogP contribution is 2.47.